The van der Waals surface area contributed by atoms with Crippen LogP contribution in [0.3, 0.4) is 0 Å². The van der Waals surface area contributed by atoms with Crippen LogP contribution in [0.15, 0.2) is 36.5 Å². The van der Waals surface area contributed by atoms with Crippen LogP contribution in [0.2, 0.25) is 0 Å². The van der Waals surface area contributed by atoms with Crippen molar-refractivity contribution in [3.05, 3.63) is 52.3 Å². The van der Waals surface area contributed by atoms with E-state index in [1.165, 1.54) is 16.8 Å². The number of piperazine rings is 1. The fourth-order valence-corrected chi connectivity index (χ4v) is 3.76. The molecule has 2 fully saturated rings. The molecule has 0 bridgehead atoms. The molecule has 2 aliphatic rings. The Morgan fingerprint density at radius 1 is 1.22 bits per heavy atom. The maximum absolute atomic E-state index is 12.8. The number of amides is 1. The lowest BCUT2D eigenvalue weighted by Crippen LogP contribution is -2.49. The lowest BCUT2D eigenvalue weighted by atomic mass is 10.2. The number of non-ortho nitro benzene ring substituents is 1. The fourth-order valence-electron chi connectivity index (χ4n) is 3.76. The zero-order chi connectivity index (χ0) is 18.8. The summed E-state index contributed by atoms with van der Waals surface area (Å²) in [4.78, 5) is 27.6. The molecule has 9 heteroatoms. The molecule has 0 aliphatic carbocycles. The summed E-state index contributed by atoms with van der Waals surface area (Å²) in [6.07, 6.45) is 2.65. The first-order valence-corrected chi connectivity index (χ1v) is 9.16. The van der Waals surface area contributed by atoms with Crippen molar-refractivity contribution < 1.29 is 9.72 Å². The molecule has 0 radical (unpaired) electrons. The molecule has 1 atom stereocenters. The van der Waals surface area contributed by atoms with Crippen LogP contribution in [0, 0.1) is 10.1 Å². The van der Waals surface area contributed by atoms with Gasteiger partial charge in [0.05, 0.1) is 10.6 Å². The van der Waals surface area contributed by atoms with Crippen molar-refractivity contribution in [2.75, 3.05) is 39.3 Å². The summed E-state index contributed by atoms with van der Waals surface area (Å²) in [5, 5.41) is 18.6. The quantitative estimate of drug-likeness (QED) is 0.635. The summed E-state index contributed by atoms with van der Waals surface area (Å²) < 4.78 is 1.50. The highest BCUT2D eigenvalue weighted by Gasteiger charge is 2.32. The van der Waals surface area contributed by atoms with E-state index in [9.17, 15) is 14.9 Å². The number of nitrogens with zero attached hydrogens (tertiary/aromatic N) is 5. The number of likely N-dealkylation sites (tertiary alicyclic amines) is 1. The van der Waals surface area contributed by atoms with Crippen LogP contribution in [0.4, 0.5) is 5.69 Å². The Balaban J connectivity index is 1.44. The van der Waals surface area contributed by atoms with Gasteiger partial charge in [-0.3, -0.25) is 19.8 Å². The summed E-state index contributed by atoms with van der Waals surface area (Å²) in [7, 11) is 0. The van der Waals surface area contributed by atoms with Gasteiger partial charge in [0.1, 0.15) is 0 Å². The lowest BCUT2D eigenvalue weighted by molar-refractivity contribution is -0.384. The second-order valence-electron chi connectivity index (χ2n) is 6.90. The number of nitro groups is 1. The molecule has 0 saturated carbocycles. The Labute approximate surface area is 156 Å². The van der Waals surface area contributed by atoms with E-state index in [1.807, 2.05) is 4.90 Å². The normalized spacial score (nSPS) is 20.7. The Kier molecular flexibility index (Phi) is 4.87. The van der Waals surface area contributed by atoms with Crippen LogP contribution < -0.4 is 5.32 Å². The largest absolute Gasteiger partial charge is 0.336 e. The molecule has 2 aliphatic heterocycles. The number of hydrogen-bond donors (Lipinski definition) is 1. The number of carbonyl (C=O) groups excluding carboxylic acids is 1. The van der Waals surface area contributed by atoms with Gasteiger partial charge in [0.2, 0.25) is 0 Å². The van der Waals surface area contributed by atoms with Gasteiger partial charge in [0, 0.05) is 63.6 Å². The fraction of sp³-hybridized carbons (Fsp3) is 0.444. The molecular weight excluding hydrogens is 348 g/mol. The number of rotatable bonds is 4. The molecule has 1 amide bonds. The van der Waals surface area contributed by atoms with Gasteiger partial charge in [-0.1, -0.05) is 6.07 Å². The van der Waals surface area contributed by atoms with Crippen molar-refractivity contribution in [2.45, 2.75) is 12.5 Å². The van der Waals surface area contributed by atoms with Crippen molar-refractivity contribution >= 4 is 11.6 Å². The van der Waals surface area contributed by atoms with Crippen LogP contribution in [-0.2, 0) is 0 Å². The van der Waals surface area contributed by atoms with E-state index in [4.69, 9.17) is 0 Å². The molecule has 1 aromatic carbocycles. The van der Waals surface area contributed by atoms with Gasteiger partial charge in [-0.15, -0.1) is 0 Å². The van der Waals surface area contributed by atoms with Gasteiger partial charge in [-0.25, -0.2) is 4.68 Å². The number of carbonyl (C=O) groups is 1. The predicted molar refractivity (Wildman–Crippen MR) is 99.0 cm³/mol. The minimum absolute atomic E-state index is 0.00529. The highest BCUT2D eigenvalue weighted by Crippen LogP contribution is 2.20. The Morgan fingerprint density at radius 2 is 2.04 bits per heavy atom. The third-order valence-corrected chi connectivity index (χ3v) is 5.23. The Morgan fingerprint density at radius 3 is 2.81 bits per heavy atom. The van der Waals surface area contributed by atoms with Gasteiger partial charge >= 0.3 is 0 Å². The molecule has 9 nitrogen and oxygen atoms in total. The van der Waals surface area contributed by atoms with Crippen LogP contribution in [-0.4, -0.2) is 75.7 Å². The minimum atomic E-state index is -0.445. The van der Waals surface area contributed by atoms with Crippen molar-refractivity contribution in [2.24, 2.45) is 0 Å². The van der Waals surface area contributed by atoms with Crippen LogP contribution >= 0.6 is 0 Å². The smallest absolute Gasteiger partial charge is 0.274 e. The third-order valence-electron chi connectivity index (χ3n) is 5.23. The number of nitro benzene ring substituents is 1. The van der Waals surface area contributed by atoms with Crippen molar-refractivity contribution in [3.63, 3.8) is 0 Å². The molecule has 27 heavy (non-hydrogen) atoms. The molecule has 3 heterocycles. The van der Waals surface area contributed by atoms with Gasteiger partial charge in [0.15, 0.2) is 5.69 Å². The first-order chi connectivity index (χ1) is 13.1. The summed E-state index contributed by atoms with van der Waals surface area (Å²) in [5.41, 5.74) is 0.917. The van der Waals surface area contributed by atoms with E-state index >= 15 is 0 Å². The predicted octanol–water partition coefficient (Wildman–Crippen LogP) is 0.900. The first-order valence-electron chi connectivity index (χ1n) is 9.16. The summed E-state index contributed by atoms with van der Waals surface area (Å²) in [6, 6.07) is 8.28. The standard InChI is InChI=1S/C18H22N6O3/c25-18(22-8-4-16(13-22)21-10-6-19-7-11-21)17-5-9-23(20-17)14-2-1-3-15(12-14)24(26)27/h1-3,5,9,12,16,19H,4,6-8,10-11,13H2. The molecule has 2 saturated heterocycles. The van der Waals surface area contributed by atoms with Crippen molar-refractivity contribution in [1.29, 1.82) is 0 Å². The average Bonchev–Trinajstić information content (AvgIpc) is 3.38. The van der Waals surface area contributed by atoms with E-state index in [-0.39, 0.29) is 11.6 Å². The molecular formula is C18H22N6O3. The van der Waals surface area contributed by atoms with Crippen molar-refractivity contribution in [3.8, 4) is 5.69 Å². The van der Waals surface area contributed by atoms with E-state index < -0.39 is 4.92 Å². The molecule has 0 spiro atoms. The zero-order valence-electron chi connectivity index (χ0n) is 15.0. The molecule has 1 aromatic heterocycles. The van der Waals surface area contributed by atoms with Crippen LogP contribution in [0.1, 0.15) is 16.9 Å². The molecule has 1 unspecified atom stereocenters. The van der Waals surface area contributed by atoms with E-state index in [0.717, 1.165) is 45.7 Å². The van der Waals surface area contributed by atoms with E-state index in [2.05, 4.69) is 15.3 Å². The molecule has 1 N–H and O–H groups in total. The maximum atomic E-state index is 12.8. The molecule has 142 valence electrons. The Hall–Kier alpha value is -2.78. The van der Waals surface area contributed by atoms with Gasteiger partial charge in [-0.2, -0.15) is 5.10 Å². The SMILES string of the molecule is O=C(c1ccn(-c2cccc([N+](=O)[O-])c2)n1)N1CCC(N2CCNCC2)C1. The second-order valence-corrected chi connectivity index (χ2v) is 6.90. The number of hydrogen-bond acceptors (Lipinski definition) is 6. The average molecular weight is 370 g/mol. The minimum Gasteiger partial charge on any atom is -0.336 e. The van der Waals surface area contributed by atoms with Crippen LogP contribution in [0.5, 0.6) is 0 Å². The molecule has 2 aromatic rings. The number of nitrogens with one attached hydrogen (secondary N) is 1. The monoisotopic (exact) mass is 370 g/mol. The first kappa shape index (κ1) is 17.6. The van der Waals surface area contributed by atoms with Gasteiger partial charge in [0.25, 0.3) is 11.6 Å². The second kappa shape index (κ2) is 7.45. The van der Waals surface area contributed by atoms with Crippen molar-refractivity contribution in [1.82, 2.24) is 24.9 Å². The summed E-state index contributed by atoms with van der Waals surface area (Å²) >= 11 is 0. The summed E-state index contributed by atoms with van der Waals surface area (Å²) in [6.45, 7) is 5.50. The highest BCUT2D eigenvalue weighted by atomic mass is 16.6. The molecule has 4 rings (SSSR count). The van der Waals surface area contributed by atoms with E-state index in [1.54, 1.807) is 24.4 Å². The highest BCUT2D eigenvalue weighted by molar-refractivity contribution is 5.92. The third kappa shape index (κ3) is 3.69. The van der Waals surface area contributed by atoms with E-state index in [0.29, 0.717) is 17.4 Å². The topological polar surface area (TPSA) is 96.5 Å². The van der Waals surface area contributed by atoms with Crippen LogP contribution in [0.25, 0.3) is 5.69 Å². The zero-order valence-corrected chi connectivity index (χ0v) is 15.0. The van der Waals surface area contributed by atoms with Gasteiger partial charge in [-0.05, 0) is 18.6 Å². The lowest BCUT2D eigenvalue weighted by Gasteiger charge is -2.32. The summed E-state index contributed by atoms with van der Waals surface area (Å²) in [5.74, 6) is -0.0863. The maximum Gasteiger partial charge on any atom is 0.274 e. The Bertz CT molecular complexity index is 845. The number of aromatic nitrogens is 2. The van der Waals surface area contributed by atoms with Gasteiger partial charge < -0.3 is 10.2 Å². The number of benzene rings is 1.